The number of anilines is 1. The molecule has 1 aromatic carbocycles. The van der Waals surface area contributed by atoms with Crippen molar-refractivity contribution in [2.45, 2.75) is 19.8 Å². The number of hydrogen-bond donors (Lipinski definition) is 0. The second-order valence-electron chi connectivity index (χ2n) is 6.37. The van der Waals surface area contributed by atoms with Gasteiger partial charge in [0.1, 0.15) is 0 Å². The van der Waals surface area contributed by atoms with Gasteiger partial charge >= 0.3 is 0 Å². The molecule has 0 saturated carbocycles. The van der Waals surface area contributed by atoms with Crippen molar-refractivity contribution in [3.63, 3.8) is 0 Å². The molecule has 0 aliphatic carbocycles. The summed E-state index contributed by atoms with van der Waals surface area (Å²) >= 11 is 8.91. The maximum absolute atomic E-state index is 13.1. The smallest absolute Gasteiger partial charge is 0.270 e. The number of rotatable bonds is 7. The summed E-state index contributed by atoms with van der Waals surface area (Å²) in [5.41, 5.74) is 2.22. The first-order valence-corrected chi connectivity index (χ1v) is 10.6. The summed E-state index contributed by atoms with van der Waals surface area (Å²) < 4.78 is 1.74. The molecule has 0 aliphatic rings. The van der Waals surface area contributed by atoms with E-state index >= 15 is 0 Å². The van der Waals surface area contributed by atoms with Gasteiger partial charge in [0.2, 0.25) is 0 Å². The number of halogens is 1. The van der Waals surface area contributed by atoms with Crippen molar-refractivity contribution < 1.29 is 4.79 Å². The van der Waals surface area contributed by atoms with E-state index in [0.29, 0.717) is 15.8 Å². The molecule has 138 valence electrons. The van der Waals surface area contributed by atoms with Crippen LogP contribution in [0.25, 0.3) is 10.2 Å². The van der Waals surface area contributed by atoms with E-state index in [1.54, 1.807) is 28.4 Å². The number of benzene rings is 1. The van der Waals surface area contributed by atoms with Gasteiger partial charge in [0.25, 0.3) is 5.91 Å². The Bertz CT molecular complexity index is 903. The topological polar surface area (TPSA) is 36.4 Å². The lowest BCUT2D eigenvalue weighted by Crippen LogP contribution is -2.32. The van der Waals surface area contributed by atoms with Gasteiger partial charge in [-0.1, -0.05) is 35.9 Å². The largest absolute Gasteiger partial charge is 0.309 e. The van der Waals surface area contributed by atoms with Crippen molar-refractivity contribution in [1.82, 2.24) is 9.88 Å². The monoisotopic (exact) mass is 407 g/mol. The third kappa shape index (κ3) is 4.43. The lowest BCUT2D eigenvalue weighted by atomic mass is 10.2. The maximum atomic E-state index is 13.1. The molecule has 0 bridgehead atoms. The van der Waals surface area contributed by atoms with Gasteiger partial charge in [0, 0.05) is 6.54 Å². The molecule has 4 nitrogen and oxygen atoms in total. The number of aromatic nitrogens is 1. The highest BCUT2D eigenvalue weighted by molar-refractivity contribution is 7.22. The molecule has 0 saturated heterocycles. The Labute approximate surface area is 167 Å². The Kier molecular flexibility index (Phi) is 6.29. The van der Waals surface area contributed by atoms with Gasteiger partial charge in [-0.3, -0.25) is 9.69 Å². The number of carbonyl (C=O) groups is 1. The lowest BCUT2D eigenvalue weighted by Gasteiger charge is -2.20. The summed E-state index contributed by atoms with van der Waals surface area (Å²) in [6, 6.07) is 9.86. The average Bonchev–Trinajstić information content (AvgIpc) is 3.23. The zero-order valence-electron chi connectivity index (χ0n) is 15.2. The van der Waals surface area contributed by atoms with Crippen molar-refractivity contribution in [2.75, 3.05) is 32.1 Å². The van der Waals surface area contributed by atoms with Crippen LogP contribution in [0.3, 0.4) is 0 Å². The standard InChI is InChI=1S/C19H22ClN3OS2/c1-4-13-6-7-14-16(12-13)26-19(21-14)23(11-5-10-22(2)3)18(24)15-8-9-17(20)25-15/h6-9,12H,4-5,10-11H2,1-3H3. The second-order valence-corrected chi connectivity index (χ2v) is 9.09. The molecule has 1 amide bonds. The highest BCUT2D eigenvalue weighted by atomic mass is 35.5. The molecule has 0 aliphatic heterocycles. The average molecular weight is 408 g/mol. The van der Waals surface area contributed by atoms with E-state index < -0.39 is 0 Å². The molecule has 2 heterocycles. The number of thiazole rings is 1. The van der Waals surface area contributed by atoms with Crippen molar-refractivity contribution in [3.8, 4) is 0 Å². The van der Waals surface area contributed by atoms with Crippen LogP contribution in [0.5, 0.6) is 0 Å². The van der Waals surface area contributed by atoms with Gasteiger partial charge in [-0.25, -0.2) is 4.98 Å². The molecule has 3 rings (SSSR count). The fourth-order valence-electron chi connectivity index (χ4n) is 2.68. The Balaban J connectivity index is 1.92. The predicted octanol–water partition coefficient (Wildman–Crippen LogP) is 5.17. The van der Waals surface area contributed by atoms with Gasteiger partial charge in [-0.05, 0) is 63.3 Å². The quantitative estimate of drug-likeness (QED) is 0.542. The van der Waals surface area contributed by atoms with Crippen LogP contribution in [-0.2, 0) is 6.42 Å². The van der Waals surface area contributed by atoms with Gasteiger partial charge in [0.15, 0.2) is 5.13 Å². The Hall–Kier alpha value is -1.47. The normalized spacial score (nSPS) is 11.4. The highest BCUT2D eigenvalue weighted by Crippen LogP contribution is 2.32. The van der Waals surface area contributed by atoms with Gasteiger partial charge in [-0.15, -0.1) is 11.3 Å². The maximum Gasteiger partial charge on any atom is 0.270 e. The fraction of sp³-hybridized carbons (Fsp3) is 0.368. The van der Waals surface area contributed by atoms with Gasteiger partial charge in [-0.2, -0.15) is 0 Å². The summed E-state index contributed by atoms with van der Waals surface area (Å²) in [5.74, 6) is -0.0320. The molecule has 0 unspecified atom stereocenters. The number of carbonyl (C=O) groups excluding carboxylic acids is 1. The third-order valence-electron chi connectivity index (χ3n) is 4.10. The van der Waals surface area contributed by atoms with Crippen molar-refractivity contribution >= 4 is 55.5 Å². The minimum atomic E-state index is -0.0320. The van der Waals surface area contributed by atoms with Crippen LogP contribution < -0.4 is 4.90 Å². The van der Waals surface area contributed by atoms with E-state index in [2.05, 4.69) is 24.0 Å². The second kappa shape index (κ2) is 8.48. The number of fused-ring (bicyclic) bond motifs is 1. The van der Waals surface area contributed by atoms with E-state index in [0.717, 1.165) is 34.7 Å². The van der Waals surface area contributed by atoms with Gasteiger partial charge in [0.05, 0.1) is 19.4 Å². The molecular formula is C19H22ClN3OS2. The zero-order chi connectivity index (χ0) is 18.7. The van der Waals surface area contributed by atoms with E-state index in [1.165, 1.54) is 16.9 Å². The van der Waals surface area contributed by atoms with Crippen LogP contribution in [0.4, 0.5) is 5.13 Å². The van der Waals surface area contributed by atoms with Crippen LogP contribution in [-0.4, -0.2) is 43.0 Å². The number of nitrogens with zero attached hydrogens (tertiary/aromatic N) is 3. The van der Waals surface area contributed by atoms with Crippen LogP contribution >= 0.6 is 34.3 Å². The molecule has 26 heavy (non-hydrogen) atoms. The lowest BCUT2D eigenvalue weighted by molar-refractivity contribution is 0.0990. The van der Waals surface area contributed by atoms with Crippen LogP contribution in [0.15, 0.2) is 30.3 Å². The first-order chi connectivity index (χ1) is 12.5. The summed E-state index contributed by atoms with van der Waals surface area (Å²) in [6.45, 7) is 3.69. The first kappa shape index (κ1) is 19.3. The third-order valence-corrected chi connectivity index (χ3v) is 6.36. The summed E-state index contributed by atoms with van der Waals surface area (Å²) in [6.07, 6.45) is 1.87. The summed E-state index contributed by atoms with van der Waals surface area (Å²) in [7, 11) is 4.07. The molecule has 0 fully saturated rings. The molecule has 3 aromatic rings. The van der Waals surface area contributed by atoms with E-state index in [9.17, 15) is 4.79 Å². The first-order valence-electron chi connectivity index (χ1n) is 8.59. The fourth-order valence-corrected chi connectivity index (χ4v) is 4.73. The molecular weight excluding hydrogens is 386 g/mol. The van der Waals surface area contributed by atoms with Gasteiger partial charge < -0.3 is 4.90 Å². The van der Waals surface area contributed by atoms with E-state index in [1.807, 2.05) is 20.2 Å². The molecule has 0 radical (unpaired) electrons. The Morgan fingerprint density at radius 3 is 2.62 bits per heavy atom. The highest BCUT2D eigenvalue weighted by Gasteiger charge is 2.22. The van der Waals surface area contributed by atoms with Crippen molar-refractivity contribution in [2.24, 2.45) is 0 Å². The predicted molar refractivity (Wildman–Crippen MR) is 113 cm³/mol. The Morgan fingerprint density at radius 1 is 1.15 bits per heavy atom. The molecule has 0 N–H and O–H groups in total. The van der Waals surface area contributed by atoms with Crippen LogP contribution in [0.1, 0.15) is 28.6 Å². The van der Waals surface area contributed by atoms with Crippen molar-refractivity contribution in [3.05, 3.63) is 45.1 Å². The molecule has 0 atom stereocenters. The molecule has 0 spiro atoms. The van der Waals surface area contributed by atoms with Crippen LogP contribution in [0, 0.1) is 0 Å². The van der Waals surface area contributed by atoms with Crippen molar-refractivity contribution in [1.29, 1.82) is 0 Å². The summed E-state index contributed by atoms with van der Waals surface area (Å²) in [4.78, 5) is 22.3. The SMILES string of the molecule is CCc1ccc2nc(N(CCCN(C)C)C(=O)c3ccc(Cl)s3)sc2c1. The molecule has 2 aromatic heterocycles. The summed E-state index contributed by atoms with van der Waals surface area (Å²) in [5, 5.41) is 0.751. The van der Waals surface area contributed by atoms with E-state index in [-0.39, 0.29) is 5.91 Å². The number of hydrogen-bond acceptors (Lipinski definition) is 5. The number of amides is 1. The number of thiophene rings is 1. The zero-order valence-corrected chi connectivity index (χ0v) is 17.5. The van der Waals surface area contributed by atoms with E-state index in [4.69, 9.17) is 16.6 Å². The molecule has 7 heteroatoms. The number of aryl methyl sites for hydroxylation is 1. The minimum Gasteiger partial charge on any atom is -0.309 e. The Morgan fingerprint density at radius 2 is 1.96 bits per heavy atom. The van der Waals surface area contributed by atoms with Crippen LogP contribution in [0.2, 0.25) is 4.34 Å². The minimum absolute atomic E-state index is 0.0320.